The summed E-state index contributed by atoms with van der Waals surface area (Å²) in [5.41, 5.74) is 0. The van der Waals surface area contributed by atoms with Gasteiger partial charge in [0, 0.05) is 17.8 Å². The predicted molar refractivity (Wildman–Crippen MR) is 83.4 cm³/mol. The van der Waals surface area contributed by atoms with Crippen LogP contribution in [0, 0.1) is 5.92 Å². The fourth-order valence-electron chi connectivity index (χ4n) is 2.25. The van der Waals surface area contributed by atoms with Crippen molar-refractivity contribution in [3.8, 4) is 0 Å². The molecule has 1 saturated heterocycles. The maximum atomic E-state index is 12.6. The molecule has 1 aliphatic rings. The standard InChI is InChI=1S/C14H19BrN2O2S/c1-3-9(2)13-14(19)17(7-6-12(18)16-13)8-10-4-5-11(15)20-10/h4-5,9,13H,3,6-8H2,1-2H3,(H,16,18). The van der Waals surface area contributed by atoms with E-state index in [0.29, 0.717) is 19.5 Å². The van der Waals surface area contributed by atoms with Gasteiger partial charge in [-0.05, 0) is 34.0 Å². The summed E-state index contributed by atoms with van der Waals surface area (Å²) in [5.74, 6) is 0.162. The van der Waals surface area contributed by atoms with Crippen LogP contribution in [0.2, 0.25) is 0 Å². The van der Waals surface area contributed by atoms with Crippen LogP contribution in [0.4, 0.5) is 0 Å². The van der Waals surface area contributed by atoms with E-state index in [9.17, 15) is 9.59 Å². The minimum absolute atomic E-state index is 0.0292. The third-order valence-electron chi connectivity index (χ3n) is 3.69. The van der Waals surface area contributed by atoms with Gasteiger partial charge in [-0.2, -0.15) is 0 Å². The van der Waals surface area contributed by atoms with Crippen LogP contribution in [-0.4, -0.2) is 29.3 Å². The van der Waals surface area contributed by atoms with E-state index in [2.05, 4.69) is 21.2 Å². The second kappa shape index (κ2) is 6.72. The molecule has 20 heavy (non-hydrogen) atoms. The first-order valence-corrected chi connectivity index (χ1v) is 8.44. The van der Waals surface area contributed by atoms with Crippen LogP contribution in [0.15, 0.2) is 15.9 Å². The fraction of sp³-hybridized carbons (Fsp3) is 0.571. The summed E-state index contributed by atoms with van der Waals surface area (Å²) < 4.78 is 1.06. The Morgan fingerprint density at radius 1 is 1.50 bits per heavy atom. The van der Waals surface area contributed by atoms with Gasteiger partial charge in [-0.15, -0.1) is 11.3 Å². The second-order valence-corrected chi connectivity index (χ2v) is 7.69. The summed E-state index contributed by atoms with van der Waals surface area (Å²) in [7, 11) is 0. The van der Waals surface area contributed by atoms with E-state index in [1.165, 1.54) is 0 Å². The first kappa shape index (κ1) is 15.5. The topological polar surface area (TPSA) is 49.4 Å². The van der Waals surface area contributed by atoms with Crippen molar-refractivity contribution in [2.24, 2.45) is 5.92 Å². The number of nitrogens with zero attached hydrogens (tertiary/aromatic N) is 1. The summed E-state index contributed by atoms with van der Waals surface area (Å²) in [6, 6.07) is 3.61. The van der Waals surface area contributed by atoms with E-state index in [1.807, 2.05) is 26.0 Å². The number of carbonyl (C=O) groups excluding carboxylic acids is 2. The van der Waals surface area contributed by atoms with Gasteiger partial charge < -0.3 is 10.2 Å². The SMILES string of the molecule is CCC(C)C1NC(=O)CCN(Cc2ccc(Br)s2)C1=O. The quantitative estimate of drug-likeness (QED) is 0.899. The number of nitrogens with one attached hydrogen (secondary N) is 1. The Labute approximate surface area is 131 Å². The van der Waals surface area contributed by atoms with Crippen LogP contribution in [0.3, 0.4) is 0 Å². The van der Waals surface area contributed by atoms with Crippen LogP contribution in [0.25, 0.3) is 0 Å². The third-order valence-corrected chi connectivity index (χ3v) is 5.30. The predicted octanol–water partition coefficient (Wildman–Crippen LogP) is 2.77. The molecule has 0 radical (unpaired) electrons. The fourth-order valence-corrected chi connectivity index (χ4v) is 3.75. The van der Waals surface area contributed by atoms with E-state index in [1.54, 1.807) is 16.2 Å². The Bertz CT molecular complexity index is 503. The van der Waals surface area contributed by atoms with Crippen molar-refractivity contribution in [2.75, 3.05) is 6.54 Å². The molecule has 0 saturated carbocycles. The molecule has 6 heteroatoms. The van der Waals surface area contributed by atoms with Gasteiger partial charge in [0.2, 0.25) is 11.8 Å². The normalized spacial score (nSPS) is 21.6. The molecular weight excluding hydrogens is 340 g/mol. The molecule has 0 spiro atoms. The average Bonchev–Trinajstić information content (AvgIpc) is 2.78. The molecule has 1 aromatic rings. The highest BCUT2D eigenvalue weighted by atomic mass is 79.9. The van der Waals surface area contributed by atoms with E-state index in [4.69, 9.17) is 0 Å². The van der Waals surface area contributed by atoms with Gasteiger partial charge >= 0.3 is 0 Å². The third kappa shape index (κ3) is 3.61. The lowest BCUT2D eigenvalue weighted by molar-refractivity contribution is -0.135. The van der Waals surface area contributed by atoms with Gasteiger partial charge in [0.25, 0.3) is 0 Å². The molecule has 0 bridgehead atoms. The minimum Gasteiger partial charge on any atom is -0.344 e. The minimum atomic E-state index is -0.390. The van der Waals surface area contributed by atoms with Crippen LogP contribution in [0.1, 0.15) is 31.6 Å². The Hall–Kier alpha value is -0.880. The van der Waals surface area contributed by atoms with Crippen LogP contribution >= 0.6 is 27.3 Å². The smallest absolute Gasteiger partial charge is 0.245 e. The molecule has 1 N–H and O–H groups in total. The van der Waals surface area contributed by atoms with E-state index < -0.39 is 6.04 Å². The van der Waals surface area contributed by atoms with Crippen LogP contribution < -0.4 is 5.32 Å². The van der Waals surface area contributed by atoms with Crippen molar-refractivity contribution in [1.82, 2.24) is 10.2 Å². The maximum Gasteiger partial charge on any atom is 0.245 e. The van der Waals surface area contributed by atoms with Gasteiger partial charge in [0.15, 0.2) is 0 Å². The number of thiophene rings is 1. The first-order valence-electron chi connectivity index (χ1n) is 6.83. The molecule has 2 rings (SSSR count). The highest BCUT2D eigenvalue weighted by molar-refractivity contribution is 9.11. The van der Waals surface area contributed by atoms with E-state index in [-0.39, 0.29) is 17.7 Å². The van der Waals surface area contributed by atoms with Crippen molar-refractivity contribution in [3.63, 3.8) is 0 Å². The summed E-state index contributed by atoms with van der Waals surface area (Å²) in [5, 5.41) is 2.86. The van der Waals surface area contributed by atoms with Crippen LogP contribution in [-0.2, 0) is 16.1 Å². The second-order valence-electron chi connectivity index (χ2n) is 5.15. The van der Waals surface area contributed by atoms with Crippen molar-refractivity contribution in [1.29, 1.82) is 0 Å². The average molecular weight is 359 g/mol. The molecule has 4 nitrogen and oxygen atoms in total. The highest BCUT2D eigenvalue weighted by Gasteiger charge is 2.32. The lowest BCUT2D eigenvalue weighted by Gasteiger charge is -2.26. The number of hydrogen-bond acceptors (Lipinski definition) is 3. The molecular formula is C14H19BrN2O2S. The van der Waals surface area contributed by atoms with Crippen molar-refractivity contribution in [3.05, 3.63) is 20.8 Å². The molecule has 2 unspecified atom stereocenters. The highest BCUT2D eigenvalue weighted by Crippen LogP contribution is 2.24. The number of amides is 2. The van der Waals surface area contributed by atoms with Crippen LogP contribution in [0.5, 0.6) is 0 Å². The molecule has 0 aliphatic carbocycles. The molecule has 2 atom stereocenters. The zero-order valence-corrected chi connectivity index (χ0v) is 14.1. The molecule has 1 fully saturated rings. The summed E-state index contributed by atoms with van der Waals surface area (Å²) in [6.07, 6.45) is 1.25. The van der Waals surface area contributed by atoms with Crippen molar-refractivity contribution < 1.29 is 9.59 Å². The zero-order valence-electron chi connectivity index (χ0n) is 11.7. The maximum absolute atomic E-state index is 12.6. The lowest BCUT2D eigenvalue weighted by atomic mass is 9.98. The molecule has 0 aromatic carbocycles. The van der Waals surface area contributed by atoms with E-state index >= 15 is 0 Å². The van der Waals surface area contributed by atoms with Gasteiger partial charge in [-0.1, -0.05) is 20.3 Å². The number of hydrogen-bond donors (Lipinski definition) is 1. The zero-order chi connectivity index (χ0) is 14.7. The lowest BCUT2D eigenvalue weighted by Crippen LogP contribution is -2.48. The Morgan fingerprint density at radius 2 is 2.25 bits per heavy atom. The van der Waals surface area contributed by atoms with Crippen molar-refractivity contribution >= 4 is 39.1 Å². The summed E-state index contributed by atoms with van der Waals surface area (Å²) >= 11 is 5.06. The molecule has 1 aliphatic heterocycles. The largest absolute Gasteiger partial charge is 0.344 e. The van der Waals surface area contributed by atoms with Gasteiger partial charge in [-0.25, -0.2) is 0 Å². The first-order chi connectivity index (χ1) is 9.51. The number of halogens is 1. The number of rotatable bonds is 4. The van der Waals surface area contributed by atoms with Gasteiger partial charge in [0.1, 0.15) is 6.04 Å². The Kier molecular flexibility index (Phi) is 5.21. The van der Waals surface area contributed by atoms with Crippen molar-refractivity contribution in [2.45, 2.75) is 39.3 Å². The Balaban J connectivity index is 2.14. The molecule has 2 heterocycles. The summed E-state index contributed by atoms with van der Waals surface area (Å²) in [4.78, 5) is 27.3. The monoisotopic (exact) mass is 358 g/mol. The molecule has 110 valence electrons. The number of carbonyl (C=O) groups is 2. The van der Waals surface area contributed by atoms with E-state index in [0.717, 1.165) is 15.1 Å². The molecule has 1 aromatic heterocycles. The van der Waals surface area contributed by atoms with Gasteiger partial charge in [0.05, 0.1) is 10.3 Å². The Morgan fingerprint density at radius 3 is 2.85 bits per heavy atom. The molecule has 2 amide bonds. The van der Waals surface area contributed by atoms with Gasteiger partial charge in [-0.3, -0.25) is 9.59 Å². The summed E-state index contributed by atoms with van der Waals surface area (Å²) in [6.45, 7) is 5.12.